The van der Waals surface area contributed by atoms with Crippen molar-refractivity contribution in [2.24, 2.45) is 0 Å². The Morgan fingerprint density at radius 1 is 1.07 bits per heavy atom. The molecule has 0 saturated carbocycles. The second-order valence-electron chi connectivity index (χ2n) is 8.12. The van der Waals surface area contributed by atoms with Gasteiger partial charge in [-0.1, -0.05) is 51.4 Å². The summed E-state index contributed by atoms with van der Waals surface area (Å²) in [5.74, 6) is -0.377. The maximum Gasteiger partial charge on any atom is 0.416 e. The van der Waals surface area contributed by atoms with Gasteiger partial charge >= 0.3 is 6.18 Å². The average Bonchev–Trinajstić information content (AvgIpc) is 3.34. The number of rotatable bonds is 9. The zero-order valence-corrected chi connectivity index (χ0v) is 23.8. The Morgan fingerprint density at radius 3 is 2.50 bits per heavy atom. The monoisotopic (exact) mass is 653 g/mol. The van der Waals surface area contributed by atoms with E-state index in [4.69, 9.17) is 16.3 Å². The van der Waals surface area contributed by atoms with E-state index in [-0.39, 0.29) is 28.9 Å². The van der Waals surface area contributed by atoms with Gasteiger partial charge in [-0.05, 0) is 54.6 Å². The fraction of sp³-hybridized carbons (Fsp3) is 0.154. The summed E-state index contributed by atoms with van der Waals surface area (Å²) in [5.41, 5.74) is -0.0799. The molecule has 0 spiro atoms. The Kier molecular flexibility index (Phi) is 9.38. The van der Waals surface area contributed by atoms with Crippen molar-refractivity contribution in [3.8, 4) is 11.4 Å². The maximum absolute atomic E-state index is 13.1. The summed E-state index contributed by atoms with van der Waals surface area (Å²) in [7, 11) is 1.47. The van der Waals surface area contributed by atoms with Crippen LogP contribution in [-0.4, -0.2) is 39.4 Å². The van der Waals surface area contributed by atoms with Crippen LogP contribution in [0, 0.1) is 0 Å². The highest BCUT2D eigenvalue weighted by molar-refractivity contribution is 9.10. The Hall–Kier alpha value is -3.55. The number of halogens is 5. The number of alkyl halides is 3. The fourth-order valence-corrected chi connectivity index (χ4v) is 4.76. The summed E-state index contributed by atoms with van der Waals surface area (Å²) in [5, 5.41) is 13.9. The number of carbonyl (C=O) groups excluding carboxylic acids is 2. The third-order valence-corrected chi connectivity index (χ3v) is 7.23. The van der Waals surface area contributed by atoms with E-state index < -0.39 is 17.6 Å². The van der Waals surface area contributed by atoms with Crippen molar-refractivity contribution < 1.29 is 27.5 Å². The van der Waals surface area contributed by atoms with E-state index >= 15 is 0 Å². The minimum Gasteiger partial charge on any atom is -0.496 e. The number of methoxy groups -OCH3 is 1. The van der Waals surface area contributed by atoms with Gasteiger partial charge < -0.3 is 15.4 Å². The summed E-state index contributed by atoms with van der Waals surface area (Å²) < 4.78 is 47.0. The van der Waals surface area contributed by atoms with Crippen molar-refractivity contribution in [2.45, 2.75) is 17.9 Å². The minimum atomic E-state index is -4.59. The first-order chi connectivity index (χ1) is 19.1. The van der Waals surface area contributed by atoms with E-state index in [0.29, 0.717) is 28.0 Å². The zero-order valence-electron chi connectivity index (χ0n) is 20.6. The number of anilines is 1. The summed E-state index contributed by atoms with van der Waals surface area (Å²) >= 11 is 10.4. The first-order valence-corrected chi connectivity index (χ1v) is 13.6. The van der Waals surface area contributed by atoms with Crippen molar-refractivity contribution in [2.75, 3.05) is 18.2 Å². The second-order valence-corrected chi connectivity index (χ2v) is 10.4. The highest BCUT2D eigenvalue weighted by Crippen LogP contribution is 2.34. The van der Waals surface area contributed by atoms with Crippen LogP contribution >= 0.6 is 39.3 Å². The summed E-state index contributed by atoms with van der Waals surface area (Å²) in [6.45, 7) is 0.00649. The largest absolute Gasteiger partial charge is 0.496 e. The molecule has 3 aromatic carbocycles. The van der Waals surface area contributed by atoms with Crippen LogP contribution in [0.5, 0.6) is 5.75 Å². The number of ether oxygens (including phenoxy) is 1. The molecular weight excluding hydrogens is 635 g/mol. The van der Waals surface area contributed by atoms with Crippen LogP contribution in [0.15, 0.2) is 76.4 Å². The van der Waals surface area contributed by atoms with Gasteiger partial charge in [-0.3, -0.25) is 14.2 Å². The van der Waals surface area contributed by atoms with Crippen LogP contribution in [0.2, 0.25) is 5.02 Å². The number of benzene rings is 3. The first kappa shape index (κ1) is 29.4. The van der Waals surface area contributed by atoms with Crippen LogP contribution in [0.4, 0.5) is 18.9 Å². The van der Waals surface area contributed by atoms with Crippen LogP contribution in [0.25, 0.3) is 5.69 Å². The molecular formula is C26H20BrClF3N5O3S. The molecule has 0 fully saturated rings. The Bertz CT molecular complexity index is 1530. The molecule has 2 N–H and O–H groups in total. The zero-order chi connectivity index (χ0) is 28.9. The molecule has 0 saturated heterocycles. The smallest absolute Gasteiger partial charge is 0.416 e. The van der Waals surface area contributed by atoms with Gasteiger partial charge in [-0.25, -0.2) is 0 Å². The van der Waals surface area contributed by atoms with E-state index in [1.165, 1.54) is 7.11 Å². The Labute approximate surface area is 244 Å². The number of nitrogens with zero attached hydrogens (tertiary/aromatic N) is 3. The molecule has 1 aromatic heterocycles. The highest BCUT2D eigenvalue weighted by Gasteiger charge is 2.31. The van der Waals surface area contributed by atoms with Gasteiger partial charge in [0.25, 0.3) is 5.91 Å². The summed E-state index contributed by atoms with van der Waals surface area (Å²) in [4.78, 5) is 25.4. The average molecular weight is 655 g/mol. The molecule has 0 radical (unpaired) electrons. The normalized spacial score (nSPS) is 11.2. The number of nitrogens with one attached hydrogen (secondary N) is 2. The number of hydrogen-bond acceptors (Lipinski definition) is 6. The van der Waals surface area contributed by atoms with E-state index in [9.17, 15) is 22.8 Å². The van der Waals surface area contributed by atoms with Gasteiger partial charge in [0.05, 0.1) is 41.2 Å². The van der Waals surface area contributed by atoms with Gasteiger partial charge in [0.1, 0.15) is 5.75 Å². The van der Waals surface area contributed by atoms with E-state index in [1.54, 1.807) is 41.0 Å². The predicted octanol–water partition coefficient (Wildman–Crippen LogP) is 6.37. The van der Waals surface area contributed by atoms with E-state index in [2.05, 4.69) is 36.8 Å². The third kappa shape index (κ3) is 7.14. The molecule has 0 unspecified atom stereocenters. The van der Waals surface area contributed by atoms with Gasteiger partial charge in [0.15, 0.2) is 11.0 Å². The molecule has 0 aliphatic rings. The molecule has 40 heavy (non-hydrogen) atoms. The maximum atomic E-state index is 13.1. The lowest BCUT2D eigenvalue weighted by Gasteiger charge is -2.13. The molecule has 1 heterocycles. The summed E-state index contributed by atoms with van der Waals surface area (Å²) in [6, 6.07) is 16.7. The number of carbonyl (C=O) groups is 2. The van der Waals surface area contributed by atoms with Crippen molar-refractivity contribution in [3.63, 3.8) is 0 Å². The minimum absolute atomic E-state index is 0.00649. The molecule has 14 heteroatoms. The van der Waals surface area contributed by atoms with Gasteiger partial charge in [0.2, 0.25) is 5.91 Å². The molecule has 2 amide bonds. The molecule has 0 bridgehead atoms. The molecule has 208 valence electrons. The number of para-hydroxylation sites is 1. The Balaban J connectivity index is 1.52. The second kappa shape index (κ2) is 12.7. The van der Waals surface area contributed by atoms with Crippen molar-refractivity contribution >= 4 is 56.8 Å². The van der Waals surface area contributed by atoms with Gasteiger partial charge in [-0.2, -0.15) is 13.2 Å². The predicted molar refractivity (Wildman–Crippen MR) is 149 cm³/mol. The molecule has 0 aliphatic carbocycles. The quantitative estimate of drug-likeness (QED) is 0.204. The molecule has 4 aromatic rings. The number of aromatic nitrogens is 3. The SMILES string of the molecule is COc1ccccc1C(=O)NCc1nnc(SCC(=O)Nc2cc(C(F)(F)F)ccc2Cl)n1-c1ccc(Br)cc1. The lowest BCUT2D eigenvalue weighted by Crippen LogP contribution is -2.25. The molecule has 0 aliphatic heterocycles. The van der Waals surface area contributed by atoms with Crippen LogP contribution in [0.3, 0.4) is 0 Å². The molecule has 0 atom stereocenters. The van der Waals surface area contributed by atoms with Crippen LogP contribution < -0.4 is 15.4 Å². The van der Waals surface area contributed by atoms with Gasteiger partial charge in [0, 0.05) is 10.2 Å². The number of amides is 2. The van der Waals surface area contributed by atoms with Gasteiger partial charge in [-0.15, -0.1) is 10.2 Å². The van der Waals surface area contributed by atoms with Crippen LogP contribution in [-0.2, 0) is 17.5 Å². The van der Waals surface area contributed by atoms with Crippen LogP contribution in [0.1, 0.15) is 21.7 Å². The van der Waals surface area contributed by atoms with Crippen molar-refractivity contribution in [1.29, 1.82) is 0 Å². The number of thioether (sulfide) groups is 1. The lowest BCUT2D eigenvalue weighted by molar-refractivity contribution is -0.137. The topological polar surface area (TPSA) is 98.1 Å². The van der Waals surface area contributed by atoms with Crippen molar-refractivity contribution in [1.82, 2.24) is 20.1 Å². The first-order valence-electron chi connectivity index (χ1n) is 11.5. The summed E-state index contributed by atoms with van der Waals surface area (Å²) in [6.07, 6.45) is -4.59. The third-order valence-electron chi connectivity index (χ3n) is 5.44. The standard InChI is InChI=1S/C26H20BrClF3N5O3S/c1-39-21-5-3-2-4-18(21)24(38)32-13-22-34-35-25(36(22)17-9-7-16(27)8-10-17)40-14-23(37)33-20-12-15(26(29,30)31)6-11-19(20)28/h2-12H,13-14H2,1H3,(H,32,38)(H,33,37). The van der Waals surface area contributed by atoms with Crippen molar-refractivity contribution in [3.05, 3.63) is 93.2 Å². The fourth-order valence-electron chi connectivity index (χ4n) is 3.56. The van der Waals surface area contributed by atoms with E-state index in [1.807, 2.05) is 12.1 Å². The number of hydrogen-bond donors (Lipinski definition) is 2. The Morgan fingerprint density at radius 2 is 1.80 bits per heavy atom. The van der Waals surface area contributed by atoms with E-state index in [0.717, 1.165) is 34.4 Å². The molecule has 4 rings (SSSR count). The molecule has 8 nitrogen and oxygen atoms in total. The lowest BCUT2D eigenvalue weighted by atomic mass is 10.2. The highest BCUT2D eigenvalue weighted by atomic mass is 79.9.